The molecule has 2 N–H and O–H groups in total. The third kappa shape index (κ3) is 3.28. The molecule has 1 aromatic heterocycles. The average molecular weight is 176 g/mol. The number of nitrogens with zero attached hydrogens (tertiary/aromatic N) is 1. The van der Waals surface area contributed by atoms with Crippen molar-refractivity contribution in [2.45, 2.75) is 20.3 Å². The van der Waals surface area contributed by atoms with Crippen molar-refractivity contribution in [3.63, 3.8) is 0 Å². The summed E-state index contributed by atoms with van der Waals surface area (Å²) in [6.07, 6.45) is 6.95. The number of aromatic nitrogens is 1. The van der Waals surface area contributed by atoms with Crippen molar-refractivity contribution in [3.8, 4) is 0 Å². The van der Waals surface area contributed by atoms with E-state index in [1.54, 1.807) is 6.20 Å². The number of allylic oxidation sites excluding steroid dienone is 1. The van der Waals surface area contributed by atoms with E-state index in [2.05, 4.69) is 24.9 Å². The molecular weight excluding hydrogens is 160 g/mol. The van der Waals surface area contributed by atoms with Gasteiger partial charge in [-0.15, -0.1) is 0 Å². The predicted molar refractivity (Wildman–Crippen MR) is 57.1 cm³/mol. The van der Waals surface area contributed by atoms with Gasteiger partial charge in [0.1, 0.15) is 5.82 Å². The summed E-state index contributed by atoms with van der Waals surface area (Å²) >= 11 is 0. The number of nitrogens with two attached hydrogens (primary N) is 1. The molecule has 0 unspecified atom stereocenters. The molecule has 0 amide bonds. The van der Waals surface area contributed by atoms with Gasteiger partial charge in [-0.1, -0.05) is 26.0 Å². The van der Waals surface area contributed by atoms with Gasteiger partial charge in [-0.2, -0.15) is 0 Å². The van der Waals surface area contributed by atoms with Crippen molar-refractivity contribution in [2.24, 2.45) is 5.92 Å². The minimum absolute atomic E-state index is 0.600. The molecule has 2 heteroatoms. The molecule has 70 valence electrons. The van der Waals surface area contributed by atoms with E-state index in [9.17, 15) is 0 Å². The molecule has 13 heavy (non-hydrogen) atoms. The first-order valence-electron chi connectivity index (χ1n) is 4.57. The van der Waals surface area contributed by atoms with Crippen molar-refractivity contribution in [2.75, 3.05) is 5.73 Å². The van der Waals surface area contributed by atoms with Gasteiger partial charge < -0.3 is 5.73 Å². The smallest absolute Gasteiger partial charge is 0.130 e. The van der Waals surface area contributed by atoms with Crippen LogP contribution in [-0.4, -0.2) is 4.98 Å². The number of nitrogen functional groups attached to an aromatic ring is 1. The van der Waals surface area contributed by atoms with Crippen LogP contribution in [0.5, 0.6) is 0 Å². The zero-order valence-electron chi connectivity index (χ0n) is 8.20. The van der Waals surface area contributed by atoms with E-state index in [-0.39, 0.29) is 0 Å². The van der Waals surface area contributed by atoms with Crippen LogP contribution in [0.15, 0.2) is 24.4 Å². The molecule has 0 atom stereocenters. The van der Waals surface area contributed by atoms with Crippen LogP contribution in [0.25, 0.3) is 6.08 Å². The molecule has 0 saturated heterocycles. The highest BCUT2D eigenvalue weighted by Gasteiger charge is 1.93. The van der Waals surface area contributed by atoms with Crippen LogP contribution in [-0.2, 0) is 0 Å². The van der Waals surface area contributed by atoms with Gasteiger partial charge in [0.15, 0.2) is 0 Å². The van der Waals surface area contributed by atoms with Gasteiger partial charge >= 0.3 is 0 Å². The van der Waals surface area contributed by atoms with Gasteiger partial charge in [0, 0.05) is 11.8 Å². The van der Waals surface area contributed by atoms with Gasteiger partial charge in [-0.05, 0) is 24.5 Å². The lowest BCUT2D eigenvalue weighted by Gasteiger charge is -1.99. The third-order valence-corrected chi connectivity index (χ3v) is 1.78. The monoisotopic (exact) mass is 176 g/mol. The van der Waals surface area contributed by atoms with Crippen molar-refractivity contribution in [1.82, 2.24) is 4.98 Å². The van der Waals surface area contributed by atoms with Crippen LogP contribution in [0.2, 0.25) is 0 Å². The molecular formula is C11H16N2. The van der Waals surface area contributed by atoms with E-state index >= 15 is 0 Å². The minimum Gasteiger partial charge on any atom is -0.383 e. The van der Waals surface area contributed by atoms with E-state index in [1.807, 2.05) is 18.2 Å². The second-order valence-electron chi connectivity index (χ2n) is 3.51. The number of rotatable bonds is 3. The summed E-state index contributed by atoms with van der Waals surface area (Å²) in [5.74, 6) is 1.29. The Morgan fingerprint density at radius 1 is 1.54 bits per heavy atom. The minimum atomic E-state index is 0.600. The van der Waals surface area contributed by atoms with Crippen LogP contribution in [0.4, 0.5) is 5.82 Å². The zero-order valence-corrected chi connectivity index (χ0v) is 8.20. The van der Waals surface area contributed by atoms with Crippen molar-refractivity contribution in [1.29, 1.82) is 0 Å². The van der Waals surface area contributed by atoms with Crippen LogP contribution in [0.3, 0.4) is 0 Å². The molecule has 0 spiro atoms. The lowest BCUT2D eigenvalue weighted by atomic mass is 10.1. The second kappa shape index (κ2) is 4.65. The van der Waals surface area contributed by atoms with Crippen molar-refractivity contribution < 1.29 is 0 Å². The maximum atomic E-state index is 5.68. The average Bonchev–Trinajstić information content (AvgIpc) is 2.08. The normalized spacial score (nSPS) is 11.3. The molecule has 2 nitrogen and oxygen atoms in total. The molecule has 0 radical (unpaired) electrons. The highest BCUT2D eigenvalue weighted by molar-refractivity contribution is 5.60. The van der Waals surface area contributed by atoms with E-state index < -0.39 is 0 Å². The van der Waals surface area contributed by atoms with E-state index in [1.165, 1.54) is 0 Å². The summed E-state index contributed by atoms with van der Waals surface area (Å²) in [7, 11) is 0. The first kappa shape index (κ1) is 9.78. The number of hydrogen-bond acceptors (Lipinski definition) is 2. The van der Waals surface area contributed by atoms with Crippen LogP contribution in [0, 0.1) is 5.92 Å². The zero-order chi connectivity index (χ0) is 9.68. The lowest BCUT2D eigenvalue weighted by Crippen LogP contribution is -1.92. The molecule has 0 fully saturated rings. The molecule has 0 bridgehead atoms. The molecule has 0 aliphatic heterocycles. The third-order valence-electron chi connectivity index (χ3n) is 1.78. The fraction of sp³-hybridized carbons (Fsp3) is 0.364. The van der Waals surface area contributed by atoms with Gasteiger partial charge in [-0.3, -0.25) is 0 Å². The fourth-order valence-corrected chi connectivity index (χ4v) is 1.04. The summed E-state index contributed by atoms with van der Waals surface area (Å²) in [5.41, 5.74) is 6.68. The molecule has 1 heterocycles. The molecule has 1 aromatic rings. The Kier molecular flexibility index (Phi) is 3.50. The fourth-order valence-electron chi connectivity index (χ4n) is 1.04. The topological polar surface area (TPSA) is 38.9 Å². The maximum Gasteiger partial charge on any atom is 0.130 e. The highest BCUT2D eigenvalue weighted by atomic mass is 14.8. The summed E-state index contributed by atoms with van der Waals surface area (Å²) in [5, 5.41) is 0. The SMILES string of the molecule is CC(C)C/C=C/c1cccnc1N. The van der Waals surface area contributed by atoms with Crippen molar-refractivity contribution in [3.05, 3.63) is 30.0 Å². The molecule has 1 rings (SSSR count). The molecule has 0 saturated carbocycles. The van der Waals surface area contributed by atoms with Gasteiger partial charge in [0.05, 0.1) is 0 Å². The molecule has 0 aliphatic rings. The quantitative estimate of drug-likeness (QED) is 0.769. The Labute approximate surface area is 79.5 Å². The Morgan fingerprint density at radius 3 is 2.92 bits per heavy atom. The van der Waals surface area contributed by atoms with E-state index in [0.717, 1.165) is 12.0 Å². The first-order valence-corrected chi connectivity index (χ1v) is 4.57. The predicted octanol–water partition coefficient (Wildman–Crippen LogP) is 2.72. The maximum absolute atomic E-state index is 5.68. The molecule has 0 aromatic carbocycles. The number of pyridine rings is 1. The largest absolute Gasteiger partial charge is 0.383 e. The van der Waals surface area contributed by atoms with Crippen LogP contribution in [0.1, 0.15) is 25.8 Å². The first-order chi connectivity index (χ1) is 6.20. The van der Waals surface area contributed by atoms with Crippen LogP contribution < -0.4 is 5.73 Å². The van der Waals surface area contributed by atoms with Crippen molar-refractivity contribution >= 4 is 11.9 Å². The molecule has 0 aliphatic carbocycles. The number of hydrogen-bond donors (Lipinski definition) is 1. The van der Waals surface area contributed by atoms with Crippen LogP contribution >= 0.6 is 0 Å². The summed E-state index contributed by atoms with van der Waals surface area (Å²) in [6, 6.07) is 3.87. The van der Waals surface area contributed by atoms with Gasteiger partial charge in [0.25, 0.3) is 0 Å². The standard InChI is InChI=1S/C11H16N2/c1-9(2)5-3-6-10-7-4-8-13-11(10)12/h3-4,6-9H,5H2,1-2H3,(H2,12,13)/b6-3+. The van der Waals surface area contributed by atoms with Gasteiger partial charge in [-0.25, -0.2) is 4.98 Å². The Hall–Kier alpha value is -1.31. The summed E-state index contributed by atoms with van der Waals surface area (Å²) in [4.78, 5) is 4.00. The Bertz CT molecular complexity index is 290. The second-order valence-corrected chi connectivity index (χ2v) is 3.51. The van der Waals surface area contributed by atoms with Gasteiger partial charge in [0.2, 0.25) is 0 Å². The van der Waals surface area contributed by atoms with E-state index in [0.29, 0.717) is 11.7 Å². The lowest BCUT2D eigenvalue weighted by molar-refractivity contribution is 0.665. The Morgan fingerprint density at radius 2 is 2.31 bits per heavy atom. The number of anilines is 1. The highest BCUT2D eigenvalue weighted by Crippen LogP contribution is 2.10. The summed E-state index contributed by atoms with van der Waals surface area (Å²) in [6.45, 7) is 4.38. The Balaban J connectivity index is 2.63. The van der Waals surface area contributed by atoms with E-state index in [4.69, 9.17) is 5.73 Å². The summed E-state index contributed by atoms with van der Waals surface area (Å²) < 4.78 is 0.